The summed E-state index contributed by atoms with van der Waals surface area (Å²) in [5.41, 5.74) is 3.28. The summed E-state index contributed by atoms with van der Waals surface area (Å²) in [6, 6.07) is 5.32. The van der Waals surface area contributed by atoms with Crippen LogP contribution in [0.1, 0.15) is 78.1 Å². The molecule has 0 bridgehead atoms. The Morgan fingerprint density at radius 1 is 1.27 bits per heavy atom. The number of hydrogen-bond acceptors (Lipinski definition) is 6. The van der Waals surface area contributed by atoms with Crippen LogP contribution >= 0.6 is 0 Å². The van der Waals surface area contributed by atoms with Crippen LogP contribution in [0.5, 0.6) is 0 Å². The predicted octanol–water partition coefficient (Wildman–Crippen LogP) is 5.12. The average Bonchev–Trinajstić information content (AvgIpc) is 3.39. The van der Waals surface area contributed by atoms with Gasteiger partial charge in [-0.05, 0) is 85.2 Å². The van der Waals surface area contributed by atoms with Crippen molar-refractivity contribution in [2.75, 3.05) is 33.7 Å². The van der Waals surface area contributed by atoms with Gasteiger partial charge >= 0.3 is 0 Å². The Labute approximate surface area is 225 Å². The third-order valence-electron chi connectivity index (χ3n) is 7.42. The number of likely N-dealkylation sites (tertiary alicyclic amines) is 1. The molecule has 1 aromatic heterocycles. The summed E-state index contributed by atoms with van der Waals surface area (Å²) in [7, 11) is 4.24. The van der Waals surface area contributed by atoms with E-state index in [0.29, 0.717) is 24.5 Å². The standard InChI is InChI=1S/C28H44N6O.C2H6/c1-8-11-27(34(20-35)23(5)32-17-15-25(19-32)31(6)7)30-22(4)18-33(21(2)3)26-14-9-12-24-13-10-16-29-28(24)26;1-2/h8,10-11,13,16,20-21,23,25-26H,4,9,12,14-15,17-19H2,1-3,5-7H3;1-2H3/b11-8-,30-27?;/t23?,25?,26-;/m0./s1. The number of allylic oxidation sites excluding steroid dienone is 1. The number of pyridine rings is 1. The van der Waals surface area contributed by atoms with Crippen LogP contribution in [0, 0.1) is 0 Å². The van der Waals surface area contributed by atoms with Crippen molar-refractivity contribution in [2.24, 2.45) is 4.99 Å². The lowest BCUT2D eigenvalue weighted by Crippen LogP contribution is -2.48. The Hall–Kier alpha value is -2.35. The molecule has 1 aliphatic carbocycles. The summed E-state index contributed by atoms with van der Waals surface area (Å²) in [6.07, 6.45) is 11.0. The van der Waals surface area contributed by atoms with Gasteiger partial charge in [0.15, 0.2) is 0 Å². The van der Waals surface area contributed by atoms with E-state index in [1.54, 1.807) is 4.90 Å². The second kappa shape index (κ2) is 15.2. The van der Waals surface area contributed by atoms with Crippen molar-refractivity contribution in [3.05, 3.63) is 54.0 Å². The van der Waals surface area contributed by atoms with Gasteiger partial charge in [0.05, 0.1) is 17.9 Å². The van der Waals surface area contributed by atoms with Crippen molar-refractivity contribution in [3.8, 4) is 0 Å². The van der Waals surface area contributed by atoms with E-state index in [1.165, 1.54) is 11.3 Å². The Bertz CT molecular complexity index is 924. The minimum atomic E-state index is -0.0733. The normalized spacial score (nSPS) is 21.2. The first-order chi connectivity index (χ1) is 17.8. The molecular formula is C30H50N6O. The lowest BCUT2D eigenvalue weighted by atomic mass is 9.90. The maximum absolute atomic E-state index is 12.3. The molecule has 0 spiro atoms. The molecule has 1 amide bonds. The van der Waals surface area contributed by atoms with E-state index in [9.17, 15) is 4.79 Å². The maximum atomic E-state index is 12.3. The highest BCUT2D eigenvalue weighted by atomic mass is 16.1. The van der Waals surface area contributed by atoms with Gasteiger partial charge in [0, 0.05) is 43.6 Å². The minimum Gasteiger partial charge on any atom is -0.305 e. The molecule has 7 heteroatoms. The third kappa shape index (κ3) is 8.06. The molecule has 2 unspecified atom stereocenters. The molecule has 2 heterocycles. The number of rotatable bonds is 10. The van der Waals surface area contributed by atoms with E-state index in [1.807, 2.05) is 45.2 Å². The smallest absolute Gasteiger partial charge is 0.216 e. The van der Waals surface area contributed by atoms with Crippen LogP contribution in [-0.4, -0.2) is 88.8 Å². The number of amidine groups is 1. The largest absolute Gasteiger partial charge is 0.305 e. The van der Waals surface area contributed by atoms with Crippen molar-refractivity contribution < 1.29 is 4.79 Å². The number of hydrogen-bond donors (Lipinski definition) is 0. The molecule has 1 saturated heterocycles. The number of likely N-dealkylation sites (N-methyl/N-ethyl adjacent to an activating group) is 1. The first-order valence-electron chi connectivity index (χ1n) is 14.0. The van der Waals surface area contributed by atoms with Gasteiger partial charge in [-0.25, -0.2) is 4.99 Å². The molecule has 0 radical (unpaired) electrons. The highest BCUT2D eigenvalue weighted by Gasteiger charge is 2.32. The molecule has 3 rings (SSSR count). The van der Waals surface area contributed by atoms with Crippen LogP contribution in [0.4, 0.5) is 0 Å². The van der Waals surface area contributed by atoms with Crippen molar-refractivity contribution in [2.45, 2.75) is 91.5 Å². The number of aryl methyl sites for hydroxylation is 1. The highest BCUT2D eigenvalue weighted by molar-refractivity contribution is 5.99. The molecule has 0 saturated carbocycles. The molecular weight excluding hydrogens is 460 g/mol. The third-order valence-corrected chi connectivity index (χ3v) is 7.42. The molecule has 206 valence electrons. The van der Waals surface area contributed by atoms with E-state index in [0.717, 1.165) is 50.9 Å². The number of aromatic nitrogens is 1. The summed E-state index contributed by atoms with van der Waals surface area (Å²) >= 11 is 0. The summed E-state index contributed by atoms with van der Waals surface area (Å²) in [5, 5.41) is 0. The number of nitrogens with zero attached hydrogens (tertiary/aromatic N) is 6. The quantitative estimate of drug-likeness (QED) is 0.248. The van der Waals surface area contributed by atoms with Crippen molar-refractivity contribution in [1.29, 1.82) is 0 Å². The first kappa shape index (κ1) is 30.9. The van der Waals surface area contributed by atoms with Crippen LogP contribution in [0.2, 0.25) is 0 Å². The SMILES string of the molecule is C=C(CN(C(C)C)[C@H]1CCCc2cccnc21)N=C(/C=C\C)N(C=O)C(C)N1CCC(N(C)C)C1.CC. The summed E-state index contributed by atoms with van der Waals surface area (Å²) < 4.78 is 0. The molecule has 0 N–H and O–H groups in total. The van der Waals surface area contributed by atoms with Gasteiger partial charge in [-0.2, -0.15) is 0 Å². The Morgan fingerprint density at radius 3 is 2.59 bits per heavy atom. The zero-order valence-corrected chi connectivity index (χ0v) is 24.5. The highest BCUT2D eigenvalue weighted by Crippen LogP contribution is 2.34. The lowest BCUT2D eigenvalue weighted by Gasteiger charge is -2.38. The summed E-state index contributed by atoms with van der Waals surface area (Å²) in [6.45, 7) is 19.3. The van der Waals surface area contributed by atoms with Crippen molar-refractivity contribution in [3.63, 3.8) is 0 Å². The predicted molar refractivity (Wildman–Crippen MR) is 156 cm³/mol. The lowest BCUT2D eigenvalue weighted by molar-refractivity contribution is -0.118. The Kier molecular flexibility index (Phi) is 12.6. The fourth-order valence-electron chi connectivity index (χ4n) is 5.34. The number of aliphatic imine (C=N–C) groups is 1. The van der Waals surface area contributed by atoms with Gasteiger partial charge < -0.3 is 4.90 Å². The molecule has 0 aromatic carbocycles. The topological polar surface area (TPSA) is 55.3 Å². The fraction of sp³-hybridized carbons (Fsp3) is 0.633. The van der Waals surface area contributed by atoms with E-state index < -0.39 is 0 Å². The molecule has 7 nitrogen and oxygen atoms in total. The second-order valence-corrected chi connectivity index (χ2v) is 10.3. The fourth-order valence-corrected chi connectivity index (χ4v) is 5.34. The van der Waals surface area contributed by atoms with Gasteiger partial charge in [-0.1, -0.05) is 32.6 Å². The Balaban J connectivity index is 0.00000235. The van der Waals surface area contributed by atoms with Crippen LogP contribution in [0.3, 0.4) is 0 Å². The first-order valence-corrected chi connectivity index (χ1v) is 14.0. The second-order valence-electron chi connectivity index (χ2n) is 10.3. The van der Waals surface area contributed by atoms with Crippen LogP contribution in [-0.2, 0) is 11.2 Å². The molecule has 1 fully saturated rings. The van der Waals surface area contributed by atoms with E-state index in [2.05, 4.69) is 62.2 Å². The van der Waals surface area contributed by atoms with Crippen LogP contribution in [0.25, 0.3) is 0 Å². The maximum Gasteiger partial charge on any atom is 0.216 e. The monoisotopic (exact) mass is 510 g/mol. The van der Waals surface area contributed by atoms with E-state index >= 15 is 0 Å². The number of carbonyl (C=O) groups is 1. The van der Waals surface area contributed by atoms with Crippen molar-refractivity contribution >= 4 is 12.2 Å². The molecule has 3 atom stereocenters. The summed E-state index contributed by atoms with van der Waals surface area (Å²) in [5.74, 6) is 0.638. The molecule has 1 aromatic rings. The van der Waals surface area contributed by atoms with Gasteiger partial charge in [0.2, 0.25) is 6.41 Å². The Morgan fingerprint density at radius 2 is 2.00 bits per heavy atom. The zero-order chi connectivity index (χ0) is 27.5. The molecule has 1 aliphatic heterocycles. The van der Waals surface area contributed by atoms with E-state index in [4.69, 9.17) is 9.98 Å². The van der Waals surface area contributed by atoms with Crippen LogP contribution < -0.4 is 0 Å². The zero-order valence-electron chi connectivity index (χ0n) is 24.5. The van der Waals surface area contributed by atoms with Gasteiger partial charge in [-0.15, -0.1) is 0 Å². The number of amides is 1. The number of carbonyl (C=O) groups excluding carboxylic acids is 1. The van der Waals surface area contributed by atoms with Crippen molar-refractivity contribution in [1.82, 2.24) is 24.6 Å². The molecule has 37 heavy (non-hydrogen) atoms. The minimum absolute atomic E-state index is 0.0733. The van der Waals surface area contributed by atoms with Crippen LogP contribution in [0.15, 0.2) is 47.7 Å². The van der Waals surface area contributed by atoms with E-state index in [-0.39, 0.29) is 12.2 Å². The summed E-state index contributed by atoms with van der Waals surface area (Å²) in [4.78, 5) is 30.7. The van der Waals surface area contributed by atoms with Gasteiger partial charge in [0.1, 0.15) is 5.84 Å². The molecule has 2 aliphatic rings. The average molecular weight is 511 g/mol. The van der Waals surface area contributed by atoms with Gasteiger partial charge in [0.25, 0.3) is 0 Å². The van der Waals surface area contributed by atoms with Gasteiger partial charge in [-0.3, -0.25) is 24.5 Å². The number of fused-ring (bicyclic) bond motifs is 1.